The van der Waals surface area contributed by atoms with Crippen molar-refractivity contribution in [2.24, 2.45) is 11.7 Å². The lowest BCUT2D eigenvalue weighted by Gasteiger charge is -2.26. The SMILES string of the molecule is C#CC#CC#CC#CC#CC#CC#CC.NC1CCC(O)CC1.O=C(CC1CCC(O)CC1)C(CO)c1ccc(Nc2ncc(-c3ccc(OC(F)F)cc3)cn2)cc1.O=C(O)C(CO)c1ccc(Nc2ncc(-c3ccc(OC(F)F)cc3)cn2)cc1. The zero-order valence-corrected chi connectivity index (χ0v) is 47.8. The Morgan fingerprint density at radius 3 is 1.25 bits per heavy atom. The molecule has 9 N–H and O–H groups in total. The third-order valence-corrected chi connectivity index (χ3v) is 13.2. The van der Waals surface area contributed by atoms with E-state index in [9.17, 15) is 42.5 Å². The van der Waals surface area contributed by atoms with E-state index in [-0.39, 0.29) is 42.0 Å². The van der Waals surface area contributed by atoms with Crippen molar-refractivity contribution in [3.05, 3.63) is 133 Å². The Morgan fingerprint density at radius 2 is 0.909 bits per heavy atom. The first kappa shape index (κ1) is 68.6. The van der Waals surface area contributed by atoms with Crippen molar-refractivity contribution in [3.8, 4) is 117 Å². The maximum Gasteiger partial charge on any atom is 0.387 e. The van der Waals surface area contributed by atoms with Gasteiger partial charge in [0.15, 0.2) is 0 Å². The summed E-state index contributed by atoms with van der Waals surface area (Å²) < 4.78 is 57.7. The maximum absolute atomic E-state index is 12.8. The summed E-state index contributed by atoms with van der Waals surface area (Å²) in [6.07, 6.45) is 18.3. The summed E-state index contributed by atoms with van der Waals surface area (Å²) in [5.74, 6) is 30.4. The fraction of sp³-hybridized carbons (Fsp3) is 0.294. The highest BCUT2D eigenvalue weighted by molar-refractivity contribution is 5.86. The lowest BCUT2D eigenvalue weighted by molar-refractivity contribution is -0.139. The Kier molecular flexibility index (Phi) is 29.6. The van der Waals surface area contributed by atoms with Crippen LogP contribution >= 0.6 is 0 Å². The second-order valence-electron chi connectivity index (χ2n) is 19.4. The van der Waals surface area contributed by atoms with Crippen LogP contribution in [-0.4, -0.2) is 102 Å². The predicted molar refractivity (Wildman–Crippen MR) is 326 cm³/mol. The molecule has 4 aromatic carbocycles. The summed E-state index contributed by atoms with van der Waals surface area (Å²) in [5.41, 5.74) is 11.1. The number of carboxylic acids is 1. The first-order valence-corrected chi connectivity index (χ1v) is 27.5. The standard InChI is InChI=1S/C27H29F2N3O4.C20H17F2N3O4.C15H4.C6H13NO/c28-26(29)36-23-11-5-18(6-12-23)20-14-30-27(31-15-20)32-21-7-3-19(4-8-21)24(16-33)25(35)13-17-1-9-22(34)10-2-17;21-19(22)29-16-7-3-12(4-8-16)14-9-23-20(24-10-14)25-15-5-1-13(2-6-15)17(11-26)18(27)28;1-3-5-7-9-11-13-15-14-12-10-8-6-4-2;7-5-1-3-6(8)4-2-5/h3-8,11-12,14-15,17,22,24,26,33-34H,1-2,9-10,13,16H2,(H,30,31,32);1-10,17,19,26H,11H2,(H,27,28)(H,23,24,25);1H,2H3;5-6,8H,1-4,7H2. The molecule has 2 aromatic heterocycles. The number of aliphatic carboxylic acids is 1. The number of ketones is 1. The van der Waals surface area contributed by atoms with Crippen LogP contribution in [-0.2, 0) is 9.59 Å². The summed E-state index contributed by atoms with van der Waals surface area (Å²) in [6, 6.07) is 26.5. The molecule has 2 aliphatic carbocycles. The van der Waals surface area contributed by atoms with Crippen LogP contribution in [0.2, 0.25) is 0 Å². The number of carbonyl (C=O) groups is 2. The van der Waals surface area contributed by atoms with Gasteiger partial charge in [0, 0.05) is 59.8 Å². The zero-order valence-electron chi connectivity index (χ0n) is 47.8. The van der Waals surface area contributed by atoms with Crippen molar-refractivity contribution in [3.63, 3.8) is 0 Å². The number of rotatable bonds is 18. The second kappa shape index (κ2) is 38.0. The van der Waals surface area contributed by atoms with Crippen molar-refractivity contribution < 1.29 is 62.2 Å². The minimum absolute atomic E-state index is 0.0207. The third-order valence-electron chi connectivity index (χ3n) is 13.2. The molecule has 0 spiro atoms. The Balaban J connectivity index is 0.000000240. The fourth-order valence-corrected chi connectivity index (χ4v) is 8.57. The molecule has 0 aliphatic heterocycles. The number of aliphatic hydroxyl groups is 4. The van der Waals surface area contributed by atoms with Crippen molar-refractivity contribution in [1.82, 2.24) is 19.9 Å². The molecule has 0 saturated heterocycles. The fourth-order valence-electron chi connectivity index (χ4n) is 8.57. The number of Topliss-reactive ketones (excluding diaryl/α,β-unsaturated/α-hetero) is 1. The van der Waals surface area contributed by atoms with Gasteiger partial charge in [0.2, 0.25) is 11.9 Å². The molecule has 6 aromatic rings. The Labute approximate surface area is 508 Å². The zero-order chi connectivity index (χ0) is 63.5. The molecular formula is C68H63F4N7O9. The molecule has 8 rings (SSSR count). The molecule has 16 nitrogen and oxygen atoms in total. The summed E-state index contributed by atoms with van der Waals surface area (Å²) in [5, 5.41) is 52.8. The number of halogens is 4. The van der Waals surface area contributed by atoms with Crippen LogP contribution in [0.5, 0.6) is 11.5 Å². The average Bonchev–Trinajstić information content (AvgIpc) is 3.67. The first-order valence-electron chi connectivity index (χ1n) is 27.5. The molecule has 88 heavy (non-hydrogen) atoms. The molecule has 2 saturated carbocycles. The number of carbonyl (C=O) groups excluding carboxylic acids is 1. The number of hydrogen-bond donors (Lipinski definition) is 8. The Bertz CT molecular complexity index is 3590. The molecule has 0 amide bonds. The van der Waals surface area contributed by atoms with Crippen LogP contribution in [0.25, 0.3) is 22.3 Å². The van der Waals surface area contributed by atoms with Crippen LogP contribution < -0.4 is 25.8 Å². The molecular weight excluding hydrogens is 1130 g/mol. The first-order chi connectivity index (χ1) is 42.6. The van der Waals surface area contributed by atoms with Crippen LogP contribution in [0.4, 0.5) is 40.8 Å². The van der Waals surface area contributed by atoms with Crippen LogP contribution in [0, 0.1) is 89.3 Å². The molecule has 2 aliphatic rings. The largest absolute Gasteiger partial charge is 0.481 e. The molecule has 2 atom stereocenters. The summed E-state index contributed by atoms with van der Waals surface area (Å²) in [7, 11) is 0. The van der Waals surface area contributed by atoms with Crippen LogP contribution in [0.15, 0.2) is 122 Å². The van der Waals surface area contributed by atoms with E-state index in [0.29, 0.717) is 41.2 Å². The second-order valence-corrected chi connectivity index (χ2v) is 19.4. The highest BCUT2D eigenvalue weighted by atomic mass is 19.3. The predicted octanol–water partition coefficient (Wildman–Crippen LogP) is 9.63. The van der Waals surface area contributed by atoms with E-state index in [0.717, 1.165) is 79.3 Å². The number of nitrogens with zero attached hydrogens (tertiary/aromatic N) is 4. The quantitative estimate of drug-likeness (QED) is 0.0294. The van der Waals surface area contributed by atoms with E-state index in [4.69, 9.17) is 22.4 Å². The van der Waals surface area contributed by atoms with E-state index in [2.05, 4.69) is 117 Å². The van der Waals surface area contributed by atoms with Gasteiger partial charge in [0.1, 0.15) is 23.2 Å². The number of aromatic nitrogens is 4. The van der Waals surface area contributed by atoms with Gasteiger partial charge in [-0.3, -0.25) is 9.59 Å². The summed E-state index contributed by atoms with van der Waals surface area (Å²) >= 11 is 0. The van der Waals surface area contributed by atoms with E-state index >= 15 is 0 Å². The molecule has 2 heterocycles. The number of nitrogens with two attached hydrogens (primary N) is 1. The minimum Gasteiger partial charge on any atom is -0.481 e. The topological polar surface area (TPSA) is 255 Å². The summed E-state index contributed by atoms with van der Waals surface area (Å²) in [6.45, 7) is -4.77. The number of nitrogens with one attached hydrogen (secondary N) is 2. The number of carboxylic acid groups (broad SMARTS) is 1. The average molecular weight is 1200 g/mol. The normalized spacial score (nSPS) is 15.8. The highest BCUT2D eigenvalue weighted by Gasteiger charge is 2.27. The van der Waals surface area contributed by atoms with Crippen LogP contribution in [0.1, 0.15) is 87.7 Å². The van der Waals surface area contributed by atoms with Gasteiger partial charge in [-0.25, -0.2) is 19.9 Å². The van der Waals surface area contributed by atoms with E-state index in [1.54, 1.807) is 92.4 Å². The minimum atomic E-state index is -2.87. The molecule has 0 bridgehead atoms. The molecule has 0 radical (unpaired) electrons. The monoisotopic (exact) mass is 1200 g/mol. The number of anilines is 4. The maximum atomic E-state index is 12.8. The summed E-state index contributed by atoms with van der Waals surface area (Å²) in [4.78, 5) is 40.9. The Hall–Kier alpha value is -10.2. The van der Waals surface area contributed by atoms with Gasteiger partial charge in [-0.15, -0.1) is 6.42 Å². The van der Waals surface area contributed by atoms with Gasteiger partial charge in [-0.1, -0.05) is 54.5 Å². The van der Waals surface area contributed by atoms with Crippen molar-refractivity contribution in [2.45, 2.75) is 108 Å². The van der Waals surface area contributed by atoms with Gasteiger partial charge >= 0.3 is 19.2 Å². The third kappa shape index (κ3) is 25.2. The van der Waals surface area contributed by atoms with Crippen molar-refractivity contribution >= 4 is 35.0 Å². The van der Waals surface area contributed by atoms with Crippen molar-refractivity contribution in [2.75, 3.05) is 23.8 Å². The number of alkyl halides is 4. The van der Waals surface area contributed by atoms with E-state index in [1.807, 2.05) is 12.1 Å². The lowest BCUT2D eigenvalue weighted by atomic mass is 9.81. The van der Waals surface area contributed by atoms with E-state index in [1.165, 1.54) is 24.3 Å². The van der Waals surface area contributed by atoms with Gasteiger partial charge < -0.3 is 51.4 Å². The van der Waals surface area contributed by atoms with Gasteiger partial charge in [0.25, 0.3) is 0 Å². The smallest absolute Gasteiger partial charge is 0.387 e. The number of benzene rings is 4. The molecule has 2 fully saturated rings. The van der Waals surface area contributed by atoms with Gasteiger partial charge in [-0.05, 0) is 206 Å². The number of terminal acetylenes is 1. The van der Waals surface area contributed by atoms with Gasteiger partial charge in [-0.2, -0.15) is 17.6 Å². The molecule has 452 valence electrons. The lowest BCUT2D eigenvalue weighted by Crippen LogP contribution is -2.28. The number of aliphatic hydroxyl groups excluding tert-OH is 4. The highest BCUT2D eigenvalue weighted by Crippen LogP contribution is 2.31. The Morgan fingerprint density at radius 1 is 0.545 bits per heavy atom. The molecule has 2 unspecified atom stereocenters. The number of hydrogen-bond acceptors (Lipinski definition) is 15. The van der Waals surface area contributed by atoms with Crippen LogP contribution in [0.3, 0.4) is 0 Å². The molecule has 20 heteroatoms. The van der Waals surface area contributed by atoms with E-state index < -0.39 is 37.6 Å². The van der Waals surface area contributed by atoms with Gasteiger partial charge in [0.05, 0.1) is 31.3 Å². The number of ether oxygens (including phenoxy) is 2. The van der Waals surface area contributed by atoms with Crippen molar-refractivity contribution in [1.29, 1.82) is 0 Å².